The number of ether oxygens (including phenoxy) is 2. The van der Waals surface area contributed by atoms with Gasteiger partial charge in [-0.25, -0.2) is 9.59 Å². The molecule has 0 aliphatic carbocycles. The Labute approximate surface area is 259 Å². The van der Waals surface area contributed by atoms with Crippen molar-refractivity contribution >= 4 is 28.6 Å². The van der Waals surface area contributed by atoms with Gasteiger partial charge in [0.15, 0.2) is 16.6 Å². The largest absolute Gasteiger partial charge is 0.456 e. The van der Waals surface area contributed by atoms with Gasteiger partial charge in [-0.3, -0.25) is 0 Å². The summed E-state index contributed by atoms with van der Waals surface area (Å²) < 4.78 is 24.2. The minimum atomic E-state index is -2.00. The Morgan fingerprint density at radius 3 is 1.17 bits per heavy atom. The first-order valence-corrected chi connectivity index (χ1v) is 22.3. The Kier molecular flexibility index (Phi) is 13.4. The molecule has 2 aliphatic heterocycles. The second-order valence-corrected chi connectivity index (χ2v) is 25.1. The lowest BCUT2D eigenvalue weighted by molar-refractivity contribution is -0.139. The fourth-order valence-electron chi connectivity index (χ4n) is 4.91. The number of esters is 2. The van der Waals surface area contributed by atoms with Crippen molar-refractivity contribution in [3.63, 3.8) is 0 Å². The van der Waals surface area contributed by atoms with Crippen molar-refractivity contribution in [2.45, 2.75) is 180 Å². The Bertz CT molecular complexity index is 891. The van der Waals surface area contributed by atoms with Crippen LogP contribution in [0.3, 0.4) is 0 Å². The van der Waals surface area contributed by atoms with Crippen molar-refractivity contribution in [1.82, 2.24) is 0 Å². The first kappa shape index (κ1) is 37.0. The average molecular weight is 623 g/mol. The fourth-order valence-corrected chi connectivity index (χ4v) is 7.52. The number of rotatable bonds is 15. The van der Waals surface area contributed by atoms with Gasteiger partial charge >= 0.3 is 11.9 Å². The van der Waals surface area contributed by atoms with E-state index in [-0.39, 0.29) is 46.4 Å². The van der Waals surface area contributed by atoms with Gasteiger partial charge in [0, 0.05) is 0 Å². The van der Waals surface area contributed by atoms with Crippen LogP contribution in [0.1, 0.15) is 120 Å². The lowest BCUT2D eigenvalue weighted by Gasteiger charge is -2.38. The van der Waals surface area contributed by atoms with Crippen LogP contribution in [0.4, 0.5) is 0 Å². The molecule has 2 heterocycles. The molecule has 0 radical (unpaired) electrons. The van der Waals surface area contributed by atoms with E-state index in [1.165, 1.54) is 38.5 Å². The van der Waals surface area contributed by atoms with Crippen molar-refractivity contribution in [3.05, 3.63) is 23.3 Å². The van der Waals surface area contributed by atoms with Gasteiger partial charge in [0.05, 0.1) is 11.1 Å². The number of hydrogen-bond donors (Lipinski definition) is 0. The zero-order valence-electron chi connectivity index (χ0n) is 29.0. The molecule has 6 nitrogen and oxygen atoms in total. The van der Waals surface area contributed by atoms with E-state index in [4.69, 9.17) is 18.3 Å². The molecular formula is C34H62O6Si2. The average Bonchev–Trinajstić information content (AvgIpc) is 3.25. The standard InChI is InChI=1S/C34H62O6Si2/c1-25-29(39-41(9,10)33(3,4)5)27(31(35)37-25)23-21-19-17-15-13-14-16-18-20-22-24-28-30(26(2)38-32(28)36)40-42(11,12)34(6,7)8/h23-26,29-30H,13-22H2,1-12H3/b27-23+,28-24+/t25-,26-,29+,30+/m0/s1. The maximum Gasteiger partial charge on any atom is 0.336 e. The van der Waals surface area contributed by atoms with E-state index in [0.717, 1.165) is 36.8 Å². The second-order valence-electron chi connectivity index (χ2n) is 15.5. The highest BCUT2D eigenvalue weighted by Crippen LogP contribution is 2.41. The Hall–Kier alpha value is -1.23. The molecule has 2 saturated heterocycles. The van der Waals surface area contributed by atoms with E-state index >= 15 is 0 Å². The molecule has 0 bridgehead atoms. The molecule has 4 atom stereocenters. The van der Waals surface area contributed by atoms with Crippen LogP contribution in [0.15, 0.2) is 23.3 Å². The SMILES string of the molecule is C[C@@H]1OC(=O)/C(=C/CCCCCCCCCC/C=C2/C(=O)O[C@@H](C)[C@H]2O[Si](C)(C)C(C)(C)C)[C@@H]1O[Si](C)(C)C(C)(C)C. The second kappa shape index (κ2) is 15.2. The van der Waals surface area contributed by atoms with Gasteiger partial charge < -0.3 is 18.3 Å². The number of allylic oxidation sites excluding steroid dienone is 2. The van der Waals surface area contributed by atoms with Crippen molar-refractivity contribution in [2.75, 3.05) is 0 Å². The molecule has 0 saturated carbocycles. The molecule has 2 aliphatic rings. The normalized spacial score (nSPS) is 25.9. The van der Waals surface area contributed by atoms with Gasteiger partial charge in [0.1, 0.15) is 24.4 Å². The van der Waals surface area contributed by atoms with Gasteiger partial charge in [-0.05, 0) is 75.8 Å². The molecule has 0 amide bonds. The Morgan fingerprint density at radius 1 is 0.595 bits per heavy atom. The Balaban J connectivity index is 1.66. The maximum atomic E-state index is 12.5. The highest BCUT2D eigenvalue weighted by Gasteiger charge is 2.47. The lowest BCUT2D eigenvalue weighted by atomic mass is 10.0. The van der Waals surface area contributed by atoms with Crippen LogP contribution in [0.25, 0.3) is 0 Å². The number of unbranched alkanes of at least 4 members (excludes halogenated alkanes) is 9. The predicted octanol–water partition coefficient (Wildman–Crippen LogP) is 9.41. The quantitative estimate of drug-likeness (QED) is 0.0784. The summed E-state index contributed by atoms with van der Waals surface area (Å²) in [5.74, 6) is -0.417. The van der Waals surface area contributed by atoms with E-state index in [1.807, 2.05) is 13.8 Å². The van der Waals surface area contributed by atoms with Crippen LogP contribution in [-0.2, 0) is 27.9 Å². The zero-order chi connectivity index (χ0) is 31.9. The summed E-state index contributed by atoms with van der Waals surface area (Å²) in [6, 6.07) is 0. The van der Waals surface area contributed by atoms with Crippen LogP contribution in [0.5, 0.6) is 0 Å². The smallest absolute Gasteiger partial charge is 0.336 e. The van der Waals surface area contributed by atoms with Crippen LogP contribution in [0, 0.1) is 0 Å². The van der Waals surface area contributed by atoms with Crippen LogP contribution < -0.4 is 0 Å². The molecular weight excluding hydrogens is 561 g/mol. The molecule has 0 aromatic carbocycles. The van der Waals surface area contributed by atoms with Gasteiger partial charge in [0.2, 0.25) is 0 Å². The third kappa shape index (κ3) is 10.2. The number of hydrogen-bond acceptors (Lipinski definition) is 6. The highest BCUT2D eigenvalue weighted by molar-refractivity contribution is 6.74. The summed E-state index contributed by atoms with van der Waals surface area (Å²) in [4.78, 5) is 24.9. The third-order valence-corrected chi connectivity index (χ3v) is 18.8. The third-order valence-electron chi connectivity index (χ3n) is 9.87. The molecule has 42 heavy (non-hydrogen) atoms. The molecule has 242 valence electrons. The number of cyclic esters (lactones) is 2. The maximum absolute atomic E-state index is 12.5. The minimum Gasteiger partial charge on any atom is -0.456 e. The van der Waals surface area contributed by atoms with E-state index in [0.29, 0.717) is 0 Å². The Morgan fingerprint density at radius 2 is 0.881 bits per heavy atom. The molecule has 0 N–H and O–H groups in total. The lowest BCUT2D eigenvalue weighted by Crippen LogP contribution is -2.45. The summed E-state index contributed by atoms with van der Waals surface area (Å²) in [6.45, 7) is 26.1. The first-order chi connectivity index (χ1) is 19.3. The monoisotopic (exact) mass is 622 g/mol. The molecule has 0 unspecified atom stereocenters. The first-order valence-electron chi connectivity index (χ1n) is 16.5. The predicted molar refractivity (Wildman–Crippen MR) is 178 cm³/mol. The van der Waals surface area contributed by atoms with Crippen molar-refractivity contribution in [3.8, 4) is 0 Å². The van der Waals surface area contributed by atoms with E-state index in [1.54, 1.807) is 0 Å². The molecule has 0 aromatic heterocycles. The summed E-state index contributed by atoms with van der Waals surface area (Å²) in [5, 5.41) is 0.179. The molecule has 0 aromatic rings. The fraction of sp³-hybridized carbons (Fsp3) is 0.824. The summed E-state index contributed by atoms with van der Waals surface area (Å²) in [6.07, 6.45) is 14.4. The van der Waals surface area contributed by atoms with E-state index in [9.17, 15) is 9.59 Å². The van der Waals surface area contributed by atoms with Crippen LogP contribution >= 0.6 is 0 Å². The van der Waals surface area contributed by atoms with Crippen LogP contribution in [-0.4, -0.2) is 53.0 Å². The van der Waals surface area contributed by atoms with E-state index in [2.05, 4.69) is 79.9 Å². The topological polar surface area (TPSA) is 71.1 Å². The molecule has 8 heteroatoms. The molecule has 2 rings (SSSR count). The summed E-state index contributed by atoms with van der Waals surface area (Å²) in [5.41, 5.74) is 1.45. The summed E-state index contributed by atoms with van der Waals surface area (Å²) in [7, 11) is -3.99. The highest BCUT2D eigenvalue weighted by atomic mass is 28.4. The van der Waals surface area contributed by atoms with Crippen molar-refractivity contribution < 1.29 is 27.9 Å². The van der Waals surface area contributed by atoms with Gasteiger partial charge in [0.25, 0.3) is 0 Å². The van der Waals surface area contributed by atoms with Crippen LogP contribution in [0.2, 0.25) is 36.3 Å². The van der Waals surface area contributed by atoms with E-state index < -0.39 is 16.6 Å². The number of carbonyl (C=O) groups is 2. The number of carbonyl (C=O) groups excluding carboxylic acids is 2. The zero-order valence-corrected chi connectivity index (χ0v) is 31.0. The van der Waals surface area contributed by atoms with Gasteiger partial charge in [-0.2, -0.15) is 0 Å². The van der Waals surface area contributed by atoms with Gasteiger partial charge in [-0.15, -0.1) is 0 Å². The molecule has 0 spiro atoms. The van der Waals surface area contributed by atoms with Gasteiger partial charge in [-0.1, -0.05) is 92.2 Å². The molecule has 2 fully saturated rings. The van der Waals surface area contributed by atoms with Crippen molar-refractivity contribution in [2.24, 2.45) is 0 Å². The summed E-state index contributed by atoms with van der Waals surface area (Å²) >= 11 is 0. The minimum absolute atomic E-state index is 0.0893. The van der Waals surface area contributed by atoms with Crippen molar-refractivity contribution in [1.29, 1.82) is 0 Å².